The maximum Gasteiger partial charge on any atom is 0.269 e. The van der Waals surface area contributed by atoms with Gasteiger partial charge in [0.1, 0.15) is 10.6 Å². The number of rotatable bonds is 4. The molecule has 0 aliphatic heterocycles. The normalized spacial score (nSPS) is 10.4. The molecule has 0 atom stereocenters. The SMILES string of the molecule is CCCc1nnsc1C(=O)Nc1ccc(C)cc1O. The van der Waals surface area contributed by atoms with E-state index in [0.29, 0.717) is 16.3 Å². The Morgan fingerprint density at radius 2 is 2.26 bits per heavy atom. The summed E-state index contributed by atoms with van der Waals surface area (Å²) in [5.74, 6) is -0.222. The average molecular weight is 277 g/mol. The van der Waals surface area contributed by atoms with E-state index in [1.807, 2.05) is 19.9 Å². The summed E-state index contributed by atoms with van der Waals surface area (Å²) in [6, 6.07) is 5.11. The second-order valence-electron chi connectivity index (χ2n) is 4.27. The van der Waals surface area contributed by atoms with Crippen LogP contribution in [0.15, 0.2) is 18.2 Å². The number of nitrogens with one attached hydrogen (secondary N) is 1. The molecule has 0 spiro atoms. The van der Waals surface area contributed by atoms with Crippen LogP contribution in [-0.2, 0) is 6.42 Å². The first-order valence-electron chi connectivity index (χ1n) is 6.04. The van der Waals surface area contributed by atoms with E-state index in [9.17, 15) is 9.90 Å². The molecule has 5 nitrogen and oxygen atoms in total. The van der Waals surface area contributed by atoms with E-state index >= 15 is 0 Å². The van der Waals surface area contributed by atoms with Crippen LogP contribution in [0.25, 0.3) is 0 Å². The van der Waals surface area contributed by atoms with Crippen LogP contribution in [0.3, 0.4) is 0 Å². The minimum absolute atomic E-state index is 0.0582. The van der Waals surface area contributed by atoms with E-state index < -0.39 is 0 Å². The van der Waals surface area contributed by atoms with Crippen molar-refractivity contribution < 1.29 is 9.90 Å². The second kappa shape index (κ2) is 5.79. The van der Waals surface area contributed by atoms with Crippen LogP contribution in [-0.4, -0.2) is 20.6 Å². The van der Waals surface area contributed by atoms with Crippen LogP contribution >= 0.6 is 11.5 Å². The first-order chi connectivity index (χ1) is 9.11. The van der Waals surface area contributed by atoms with Crippen LogP contribution in [0.4, 0.5) is 5.69 Å². The lowest BCUT2D eigenvalue weighted by Crippen LogP contribution is -2.12. The van der Waals surface area contributed by atoms with E-state index in [-0.39, 0.29) is 11.7 Å². The van der Waals surface area contributed by atoms with Gasteiger partial charge in [-0.15, -0.1) is 5.10 Å². The molecule has 0 saturated carbocycles. The standard InChI is InChI=1S/C13H15N3O2S/c1-3-4-10-12(19-16-15-10)13(18)14-9-6-5-8(2)7-11(9)17/h5-7,17H,3-4H2,1-2H3,(H,14,18). The van der Waals surface area contributed by atoms with Crippen molar-refractivity contribution in [2.24, 2.45) is 0 Å². The highest BCUT2D eigenvalue weighted by Gasteiger charge is 2.16. The summed E-state index contributed by atoms with van der Waals surface area (Å²) in [7, 11) is 0. The van der Waals surface area contributed by atoms with Crippen LogP contribution in [0.2, 0.25) is 0 Å². The molecule has 19 heavy (non-hydrogen) atoms. The zero-order valence-corrected chi connectivity index (χ0v) is 11.6. The molecule has 6 heteroatoms. The van der Waals surface area contributed by atoms with Crippen molar-refractivity contribution in [2.45, 2.75) is 26.7 Å². The smallest absolute Gasteiger partial charge is 0.269 e. The highest BCUT2D eigenvalue weighted by atomic mass is 32.1. The Bertz CT molecular complexity index is 595. The fourth-order valence-electron chi connectivity index (χ4n) is 1.71. The quantitative estimate of drug-likeness (QED) is 0.843. The lowest BCUT2D eigenvalue weighted by atomic mass is 10.2. The minimum Gasteiger partial charge on any atom is -0.506 e. The summed E-state index contributed by atoms with van der Waals surface area (Å²) in [5.41, 5.74) is 2.03. The second-order valence-corrected chi connectivity index (χ2v) is 5.03. The Morgan fingerprint density at radius 1 is 1.47 bits per heavy atom. The molecule has 2 aromatic rings. The Labute approximate surface area is 115 Å². The molecule has 0 aliphatic rings. The zero-order valence-electron chi connectivity index (χ0n) is 10.8. The summed E-state index contributed by atoms with van der Waals surface area (Å²) < 4.78 is 3.81. The topological polar surface area (TPSA) is 75.1 Å². The van der Waals surface area contributed by atoms with Gasteiger partial charge >= 0.3 is 0 Å². The number of amides is 1. The third-order valence-electron chi connectivity index (χ3n) is 2.65. The third-order valence-corrected chi connectivity index (χ3v) is 3.42. The Hall–Kier alpha value is -1.95. The zero-order chi connectivity index (χ0) is 13.8. The van der Waals surface area contributed by atoms with Gasteiger partial charge in [-0.3, -0.25) is 4.79 Å². The van der Waals surface area contributed by atoms with Crippen LogP contribution in [0, 0.1) is 6.92 Å². The van der Waals surface area contributed by atoms with Gasteiger partial charge in [-0.2, -0.15) is 0 Å². The van der Waals surface area contributed by atoms with Crippen LogP contribution in [0.5, 0.6) is 5.75 Å². The first kappa shape index (κ1) is 13.5. The number of aromatic hydroxyl groups is 1. The number of anilines is 1. The lowest BCUT2D eigenvalue weighted by Gasteiger charge is -2.07. The number of carbonyl (C=O) groups is 1. The average Bonchev–Trinajstić information content (AvgIpc) is 2.81. The third kappa shape index (κ3) is 3.08. The first-order valence-corrected chi connectivity index (χ1v) is 6.81. The minimum atomic E-state index is -0.280. The number of benzene rings is 1. The molecule has 0 aliphatic carbocycles. The Balaban J connectivity index is 2.18. The van der Waals surface area contributed by atoms with Crippen LogP contribution < -0.4 is 5.32 Å². The van der Waals surface area contributed by atoms with Crippen molar-refractivity contribution in [3.8, 4) is 5.75 Å². The summed E-state index contributed by atoms with van der Waals surface area (Å²) in [5, 5.41) is 16.4. The fraction of sp³-hybridized carbons (Fsp3) is 0.308. The van der Waals surface area contributed by atoms with Crippen molar-refractivity contribution in [2.75, 3.05) is 5.32 Å². The van der Waals surface area contributed by atoms with Gasteiger partial charge in [-0.05, 0) is 42.6 Å². The number of aromatic nitrogens is 2. The van der Waals surface area contributed by atoms with E-state index in [0.717, 1.165) is 29.9 Å². The van der Waals surface area contributed by atoms with Gasteiger partial charge in [0.05, 0.1) is 11.4 Å². The van der Waals surface area contributed by atoms with E-state index in [2.05, 4.69) is 14.9 Å². The molecule has 1 amide bonds. The van der Waals surface area contributed by atoms with Crippen molar-refractivity contribution in [1.29, 1.82) is 0 Å². The fourth-order valence-corrected chi connectivity index (χ4v) is 2.31. The number of hydrogen-bond donors (Lipinski definition) is 2. The molecule has 2 rings (SSSR count). The Morgan fingerprint density at radius 3 is 2.95 bits per heavy atom. The number of carbonyl (C=O) groups excluding carboxylic acids is 1. The number of phenols is 1. The monoisotopic (exact) mass is 277 g/mol. The predicted octanol–water partition coefficient (Wildman–Crippen LogP) is 2.76. The van der Waals surface area contributed by atoms with Gasteiger partial charge in [0.15, 0.2) is 0 Å². The van der Waals surface area contributed by atoms with Gasteiger partial charge in [-0.25, -0.2) is 0 Å². The number of phenolic OH excluding ortho intramolecular Hbond substituents is 1. The van der Waals surface area contributed by atoms with Gasteiger partial charge in [0.2, 0.25) is 0 Å². The van der Waals surface area contributed by atoms with Gasteiger partial charge < -0.3 is 10.4 Å². The molecule has 1 aromatic heterocycles. The summed E-state index contributed by atoms with van der Waals surface area (Å²) in [4.78, 5) is 12.6. The van der Waals surface area contributed by atoms with Gasteiger partial charge in [0.25, 0.3) is 5.91 Å². The molecule has 0 radical (unpaired) electrons. The molecule has 2 N–H and O–H groups in total. The van der Waals surface area contributed by atoms with Gasteiger partial charge in [0, 0.05) is 0 Å². The molecular weight excluding hydrogens is 262 g/mol. The van der Waals surface area contributed by atoms with Crippen molar-refractivity contribution >= 4 is 23.1 Å². The van der Waals surface area contributed by atoms with E-state index in [1.165, 1.54) is 0 Å². The predicted molar refractivity (Wildman–Crippen MR) is 74.7 cm³/mol. The molecular formula is C13H15N3O2S. The number of nitrogens with zero attached hydrogens (tertiary/aromatic N) is 2. The summed E-state index contributed by atoms with van der Waals surface area (Å²) >= 11 is 1.07. The molecule has 100 valence electrons. The van der Waals surface area contributed by atoms with Crippen molar-refractivity contribution in [1.82, 2.24) is 9.59 Å². The number of aryl methyl sites for hydroxylation is 2. The van der Waals surface area contributed by atoms with E-state index in [1.54, 1.807) is 12.1 Å². The Kier molecular flexibility index (Phi) is 4.11. The maximum absolute atomic E-state index is 12.1. The number of hydrogen-bond acceptors (Lipinski definition) is 5. The van der Waals surface area contributed by atoms with Crippen molar-refractivity contribution in [3.63, 3.8) is 0 Å². The summed E-state index contributed by atoms with van der Waals surface area (Å²) in [6.07, 6.45) is 1.63. The molecule has 0 fully saturated rings. The van der Waals surface area contributed by atoms with Crippen LogP contribution in [0.1, 0.15) is 34.3 Å². The van der Waals surface area contributed by atoms with E-state index in [4.69, 9.17) is 0 Å². The molecule has 1 aromatic carbocycles. The molecule has 0 unspecified atom stereocenters. The highest BCUT2D eigenvalue weighted by molar-refractivity contribution is 7.08. The van der Waals surface area contributed by atoms with Crippen molar-refractivity contribution in [3.05, 3.63) is 34.3 Å². The molecule has 1 heterocycles. The molecule has 0 saturated heterocycles. The molecule has 0 bridgehead atoms. The largest absolute Gasteiger partial charge is 0.506 e. The lowest BCUT2D eigenvalue weighted by molar-refractivity contribution is 0.102. The highest BCUT2D eigenvalue weighted by Crippen LogP contribution is 2.25. The maximum atomic E-state index is 12.1. The summed E-state index contributed by atoms with van der Waals surface area (Å²) in [6.45, 7) is 3.89. The van der Waals surface area contributed by atoms with Gasteiger partial charge in [-0.1, -0.05) is 23.9 Å².